The monoisotopic (exact) mass is 536 g/mol. The van der Waals surface area contributed by atoms with Gasteiger partial charge in [0.1, 0.15) is 18.4 Å². The largest absolute Gasteiger partial charge is 0.432 e. The molecule has 1 N–H and O–H groups in total. The van der Waals surface area contributed by atoms with Crippen molar-refractivity contribution in [2.24, 2.45) is 0 Å². The van der Waals surface area contributed by atoms with Crippen LogP contribution in [0, 0.1) is 25.6 Å². The number of halogens is 3. The summed E-state index contributed by atoms with van der Waals surface area (Å²) >= 11 is 0. The summed E-state index contributed by atoms with van der Waals surface area (Å²) in [4.78, 5) is 10.6. The molecule has 38 heavy (non-hydrogen) atoms. The molecule has 1 heterocycles. The zero-order valence-corrected chi connectivity index (χ0v) is 24.3. The molecule has 2 aromatic rings. The molecule has 0 radical (unpaired) electrons. The normalized spacial score (nSPS) is 12.0. The molecule has 4 nitrogen and oxygen atoms in total. The maximum Gasteiger partial charge on any atom is 0.394 e. The molecular formula is C31H47F3N2O2. The molecule has 0 aliphatic carbocycles. The van der Waals surface area contributed by atoms with E-state index in [0.29, 0.717) is 12.5 Å². The Morgan fingerprint density at radius 1 is 1.05 bits per heavy atom. The summed E-state index contributed by atoms with van der Waals surface area (Å²) in [5.74, 6) is -0.725. The highest BCUT2D eigenvalue weighted by Crippen LogP contribution is 2.26. The van der Waals surface area contributed by atoms with Crippen molar-refractivity contribution in [2.75, 3.05) is 26.7 Å². The number of aryl methyl sites for hydroxylation is 3. The second kappa shape index (κ2) is 21.2. The predicted molar refractivity (Wildman–Crippen MR) is 153 cm³/mol. The standard InChI is InChI=1S/C17H28N2.C9H9F3O.C2H6.C2H2.CH2O/c1-4-14-11-16-7-10-19(9-6-8-18-3)13-17(16)12-15(14)5-2;1-6-3-4-7(10)5-8(6)13-9(2,11)12;3*1-2/h11-12,18H,4-10,13H2,1-3H3;3-5H,1-2H3;1-2H3;1-2H;1H2. The van der Waals surface area contributed by atoms with Gasteiger partial charge in [0.25, 0.3) is 0 Å². The first kappa shape index (κ1) is 37.3. The van der Waals surface area contributed by atoms with Crippen LogP contribution < -0.4 is 10.1 Å². The molecule has 0 amide bonds. The Morgan fingerprint density at radius 2 is 1.61 bits per heavy atom. The third-order valence-corrected chi connectivity index (χ3v) is 5.72. The Kier molecular flexibility index (Phi) is 20.8. The Balaban J connectivity index is 0. The van der Waals surface area contributed by atoms with Gasteiger partial charge in [-0.1, -0.05) is 45.9 Å². The molecule has 2 aromatic carbocycles. The van der Waals surface area contributed by atoms with E-state index in [2.05, 4.69) is 53.8 Å². The predicted octanol–water partition coefficient (Wildman–Crippen LogP) is 7.00. The quantitative estimate of drug-likeness (QED) is 0.292. The number of benzene rings is 2. The minimum absolute atomic E-state index is 0.132. The van der Waals surface area contributed by atoms with Crippen molar-refractivity contribution in [3.05, 3.63) is 64.0 Å². The van der Waals surface area contributed by atoms with Gasteiger partial charge in [-0.05, 0) is 86.6 Å². The summed E-state index contributed by atoms with van der Waals surface area (Å²) in [7, 11) is 2.03. The smallest absolute Gasteiger partial charge is 0.394 e. The zero-order valence-electron chi connectivity index (χ0n) is 24.3. The van der Waals surface area contributed by atoms with E-state index >= 15 is 0 Å². The van der Waals surface area contributed by atoms with Gasteiger partial charge in [-0.3, -0.25) is 4.90 Å². The Labute approximate surface area is 229 Å². The van der Waals surface area contributed by atoms with Crippen molar-refractivity contribution in [3.63, 3.8) is 0 Å². The summed E-state index contributed by atoms with van der Waals surface area (Å²) in [6.45, 7) is 17.4. The van der Waals surface area contributed by atoms with E-state index in [0.717, 1.165) is 25.6 Å². The lowest BCUT2D eigenvalue weighted by atomic mass is 9.91. The van der Waals surface area contributed by atoms with Crippen LogP contribution in [-0.2, 0) is 30.6 Å². The molecule has 0 spiro atoms. The van der Waals surface area contributed by atoms with Crippen molar-refractivity contribution >= 4 is 6.79 Å². The molecule has 214 valence electrons. The van der Waals surface area contributed by atoms with Gasteiger partial charge in [-0.2, -0.15) is 8.78 Å². The lowest BCUT2D eigenvalue weighted by Crippen LogP contribution is -2.32. The number of alkyl halides is 2. The van der Waals surface area contributed by atoms with Crippen molar-refractivity contribution in [2.45, 2.75) is 79.9 Å². The second-order valence-electron chi connectivity index (χ2n) is 8.40. The molecule has 1 aliphatic rings. The number of nitrogens with zero attached hydrogens (tertiary/aromatic N) is 1. The molecule has 0 fully saturated rings. The Hall–Kier alpha value is -2.82. The molecule has 0 aromatic heterocycles. The number of hydrogen-bond acceptors (Lipinski definition) is 4. The second-order valence-corrected chi connectivity index (χ2v) is 8.40. The number of rotatable bonds is 8. The molecule has 0 atom stereocenters. The van der Waals surface area contributed by atoms with E-state index in [9.17, 15) is 13.2 Å². The van der Waals surface area contributed by atoms with Gasteiger partial charge in [0.2, 0.25) is 0 Å². The van der Waals surface area contributed by atoms with Gasteiger partial charge in [0, 0.05) is 26.1 Å². The van der Waals surface area contributed by atoms with Crippen molar-refractivity contribution in [3.8, 4) is 18.6 Å². The molecule has 7 heteroatoms. The highest BCUT2D eigenvalue weighted by atomic mass is 19.3. The third kappa shape index (κ3) is 14.2. The van der Waals surface area contributed by atoms with Gasteiger partial charge in [0.15, 0.2) is 0 Å². The fraction of sp³-hybridized carbons (Fsp3) is 0.516. The fourth-order valence-electron chi connectivity index (χ4n) is 3.98. The van der Waals surface area contributed by atoms with Crippen LogP contribution in [-0.4, -0.2) is 44.5 Å². The van der Waals surface area contributed by atoms with Gasteiger partial charge < -0.3 is 14.8 Å². The number of hydrogen-bond donors (Lipinski definition) is 1. The van der Waals surface area contributed by atoms with E-state index in [1.54, 1.807) is 29.2 Å². The van der Waals surface area contributed by atoms with Crippen LogP contribution in [0.4, 0.5) is 13.2 Å². The molecule has 0 saturated carbocycles. The molecule has 0 bridgehead atoms. The summed E-state index contributed by atoms with van der Waals surface area (Å²) in [6, 6.07) is 8.46. The summed E-state index contributed by atoms with van der Waals surface area (Å²) < 4.78 is 41.6. The van der Waals surface area contributed by atoms with Crippen LogP contribution in [0.2, 0.25) is 0 Å². The summed E-state index contributed by atoms with van der Waals surface area (Å²) in [5.41, 5.74) is 6.76. The number of ether oxygens (including phenoxy) is 1. The van der Waals surface area contributed by atoms with Crippen LogP contribution in [0.1, 0.15) is 68.9 Å². The number of fused-ring (bicyclic) bond motifs is 1. The highest BCUT2D eigenvalue weighted by Gasteiger charge is 2.24. The number of terminal acetylenes is 1. The molecular weight excluding hydrogens is 489 g/mol. The van der Waals surface area contributed by atoms with Crippen LogP contribution >= 0.6 is 0 Å². The Morgan fingerprint density at radius 3 is 2.11 bits per heavy atom. The molecule has 0 saturated heterocycles. The third-order valence-electron chi connectivity index (χ3n) is 5.72. The summed E-state index contributed by atoms with van der Waals surface area (Å²) in [5, 5.41) is 3.23. The fourth-order valence-corrected chi connectivity index (χ4v) is 3.98. The molecule has 0 unspecified atom stereocenters. The zero-order chi connectivity index (χ0) is 29.7. The van der Waals surface area contributed by atoms with Crippen LogP contribution in [0.25, 0.3) is 0 Å². The molecule has 1 aliphatic heterocycles. The topological polar surface area (TPSA) is 41.6 Å². The van der Waals surface area contributed by atoms with Gasteiger partial charge >= 0.3 is 6.11 Å². The van der Waals surface area contributed by atoms with Crippen molar-refractivity contribution in [1.29, 1.82) is 0 Å². The van der Waals surface area contributed by atoms with Gasteiger partial charge in [-0.15, -0.1) is 12.8 Å². The first-order valence-electron chi connectivity index (χ1n) is 13.1. The maximum absolute atomic E-state index is 12.6. The van der Waals surface area contributed by atoms with Gasteiger partial charge in [0.05, 0.1) is 0 Å². The van der Waals surface area contributed by atoms with Crippen LogP contribution in [0.3, 0.4) is 0 Å². The number of carbonyl (C=O) groups is 1. The lowest BCUT2D eigenvalue weighted by Gasteiger charge is -2.30. The van der Waals surface area contributed by atoms with E-state index in [1.807, 2.05) is 27.7 Å². The minimum Gasteiger partial charge on any atom is -0.432 e. The van der Waals surface area contributed by atoms with E-state index in [-0.39, 0.29) is 5.75 Å². The first-order valence-corrected chi connectivity index (χ1v) is 13.1. The van der Waals surface area contributed by atoms with E-state index < -0.39 is 11.9 Å². The van der Waals surface area contributed by atoms with Crippen molar-refractivity contribution < 1.29 is 22.7 Å². The average molecular weight is 537 g/mol. The maximum atomic E-state index is 12.6. The number of nitrogens with one attached hydrogen (secondary N) is 1. The average Bonchev–Trinajstić information content (AvgIpc) is 2.93. The molecule has 3 rings (SSSR count). The van der Waals surface area contributed by atoms with Gasteiger partial charge in [-0.25, -0.2) is 4.39 Å². The van der Waals surface area contributed by atoms with Crippen molar-refractivity contribution in [1.82, 2.24) is 10.2 Å². The number of carbonyl (C=O) groups excluding carboxylic acids is 1. The minimum atomic E-state index is -3.28. The van der Waals surface area contributed by atoms with Crippen LogP contribution in [0.5, 0.6) is 5.75 Å². The lowest BCUT2D eigenvalue weighted by molar-refractivity contribution is -0.159. The Bertz CT molecular complexity index is 927. The van der Waals surface area contributed by atoms with E-state index in [1.165, 1.54) is 44.5 Å². The first-order chi connectivity index (χ1) is 18.2. The summed E-state index contributed by atoms with van der Waals surface area (Å²) in [6.07, 6.45) is 9.53. The highest BCUT2D eigenvalue weighted by molar-refractivity contribution is 5.40. The van der Waals surface area contributed by atoms with Crippen LogP contribution in [0.15, 0.2) is 30.3 Å². The van der Waals surface area contributed by atoms with E-state index in [4.69, 9.17) is 4.79 Å². The SMILES string of the molecule is C#C.C=O.CC.CCc1cc2c(cc1CC)CN(CCCNC)CC2.Cc1ccc(F)cc1OC(C)(F)F.